The maximum atomic E-state index is 10.1. The quantitative estimate of drug-likeness (QED) is 0.841. The molecule has 1 unspecified atom stereocenters. The zero-order valence-corrected chi connectivity index (χ0v) is 8.94. The van der Waals surface area contributed by atoms with Crippen LogP contribution in [-0.4, -0.2) is 16.7 Å². The number of aliphatic hydroxyl groups excluding tert-OH is 1. The molecule has 3 nitrogen and oxygen atoms in total. The van der Waals surface area contributed by atoms with Crippen molar-refractivity contribution in [3.05, 3.63) is 40.9 Å². The van der Waals surface area contributed by atoms with Gasteiger partial charge in [-0.05, 0) is 24.5 Å². The smallest absolute Gasteiger partial charge is 0.105 e. The zero-order valence-electron chi connectivity index (χ0n) is 8.19. The van der Waals surface area contributed by atoms with Crippen LogP contribution in [0, 0.1) is 0 Å². The second-order valence-electron chi connectivity index (χ2n) is 3.47. The van der Waals surface area contributed by atoms with Crippen molar-refractivity contribution in [2.45, 2.75) is 18.9 Å². The lowest BCUT2D eigenvalue weighted by atomic mass is 9.99. The first-order valence-corrected chi connectivity index (χ1v) is 5.25. The van der Waals surface area contributed by atoms with Gasteiger partial charge in [0.05, 0.1) is 17.9 Å². The van der Waals surface area contributed by atoms with Gasteiger partial charge in [-0.25, -0.2) is 0 Å². The van der Waals surface area contributed by atoms with Crippen molar-refractivity contribution < 1.29 is 9.84 Å². The van der Waals surface area contributed by atoms with E-state index >= 15 is 0 Å². The van der Waals surface area contributed by atoms with Crippen molar-refractivity contribution in [2.75, 3.05) is 6.61 Å². The molecule has 0 bridgehead atoms. The first-order valence-electron chi connectivity index (χ1n) is 4.87. The number of ether oxygens (including phenoxy) is 1. The number of rotatable bonds is 2. The fraction of sp³-hybridized carbons (Fsp3) is 0.364. The molecule has 0 aliphatic carbocycles. The molecular weight excluding hydrogens is 214 g/mol. The van der Waals surface area contributed by atoms with Gasteiger partial charge in [0.1, 0.15) is 6.10 Å². The molecule has 0 fully saturated rings. The molecule has 2 rings (SSSR count). The van der Waals surface area contributed by atoms with Gasteiger partial charge in [0.15, 0.2) is 0 Å². The van der Waals surface area contributed by atoms with E-state index in [1.807, 2.05) is 0 Å². The van der Waals surface area contributed by atoms with E-state index in [0.29, 0.717) is 10.6 Å². The van der Waals surface area contributed by atoms with Crippen LogP contribution in [0.4, 0.5) is 0 Å². The lowest BCUT2D eigenvalue weighted by Crippen LogP contribution is -2.08. The van der Waals surface area contributed by atoms with Crippen LogP contribution in [0.1, 0.15) is 24.5 Å². The van der Waals surface area contributed by atoms with E-state index in [0.717, 1.165) is 25.0 Å². The lowest BCUT2D eigenvalue weighted by Gasteiger charge is -2.19. The first-order chi connectivity index (χ1) is 7.29. The first kappa shape index (κ1) is 10.5. The number of aromatic nitrogens is 1. The van der Waals surface area contributed by atoms with Crippen LogP contribution in [0.2, 0.25) is 5.02 Å². The molecule has 0 saturated heterocycles. The molecule has 1 aliphatic heterocycles. The summed E-state index contributed by atoms with van der Waals surface area (Å²) in [5.41, 5.74) is 1.55. The van der Waals surface area contributed by atoms with Crippen molar-refractivity contribution in [1.82, 2.24) is 4.98 Å². The summed E-state index contributed by atoms with van der Waals surface area (Å²) in [4.78, 5) is 3.88. The Balaban J connectivity index is 2.23. The largest absolute Gasteiger partial charge is 0.501 e. The fourth-order valence-electron chi connectivity index (χ4n) is 1.59. The van der Waals surface area contributed by atoms with E-state index in [4.69, 9.17) is 16.3 Å². The second-order valence-corrected chi connectivity index (χ2v) is 3.87. The average molecular weight is 226 g/mol. The normalized spacial score (nSPS) is 17.9. The van der Waals surface area contributed by atoms with Crippen molar-refractivity contribution >= 4 is 11.6 Å². The molecule has 0 aromatic carbocycles. The van der Waals surface area contributed by atoms with E-state index < -0.39 is 6.10 Å². The highest BCUT2D eigenvalue weighted by Gasteiger charge is 2.18. The van der Waals surface area contributed by atoms with Gasteiger partial charge in [0, 0.05) is 18.0 Å². The Hall–Kier alpha value is -1.06. The van der Waals surface area contributed by atoms with E-state index in [1.165, 1.54) is 6.20 Å². The van der Waals surface area contributed by atoms with Gasteiger partial charge < -0.3 is 9.84 Å². The van der Waals surface area contributed by atoms with Gasteiger partial charge in [0.25, 0.3) is 0 Å². The van der Waals surface area contributed by atoms with Crippen LogP contribution in [0.25, 0.3) is 0 Å². The molecule has 1 atom stereocenters. The van der Waals surface area contributed by atoms with Crippen molar-refractivity contribution in [1.29, 1.82) is 0 Å². The Bertz CT molecular complexity index is 379. The Morgan fingerprint density at radius 1 is 1.53 bits per heavy atom. The van der Waals surface area contributed by atoms with E-state index in [2.05, 4.69) is 4.98 Å². The zero-order chi connectivity index (χ0) is 10.7. The highest BCUT2D eigenvalue weighted by atomic mass is 35.5. The molecule has 1 aromatic rings. The summed E-state index contributed by atoms with van der Waals surface area (Å²) >= 11 is 5.95. The van der Waals surface area contributed by atoms with Crippen LogP contribution in [0.5, 0.6) is 0 Å². The molecule has 0 amide bonds. The topological polar surface area (TPSA) is 42.4 Å². The summed E-state index contributed by atoms with van der Waals surface area (Å²) in [5.74, 6) is 0. The third kappa shape index (κ3) is 2.30. The van der Waals surface area contributed by atoms with Gasteiger partial charge in [0.2, 0.25) is 0 Å². The van der Waals surface area contributed by atoms with Crippen LogP contribution in [0.15, 0.2) is 30.3 Å². The van der Waals surface area contributed by atoms with Crippen molar-refractivity contribution in [3.63, 3.8) is 0 Å². The number of aliphatic hydroxyl groups is 1. The Morgan fingerprint density at radius 2 is 2.40 bits per heavy atom. The maximum Gasteiger partial charge on any atom is 0.105 e. The molecule has 15 heavy (non-hydrogen) atoms. The van der Waals surface area contributed by atoms with E-state index in [1.54, 1.807) is 18.5 Å². The van der Waals surface area contributed by atoms with Crippen LogP contribution < -0.4 is 0 Å². The summed E-state index contributed by atoms with van der Waals surface area (Å²) in [5, 5.41) is 10.5. The minimum atomic E-state index is -0.680. The molecule has 1 aromatic heterocycles. The number of halogens is 1. The van der Waals surface area contributed by atoms with Gasteiger partial charge in [-0.1, -0.05) is 11.6 Å². The Morgan fingerprint density at radius 3 is 3.07 bits per heavy atom. The minimum Gasteiger partial charge on any atom is -0.501 e. The standard InChI is InChI=1S/C11H12ClNO2/c12-10-6-13-4-3-9(10)11(14)8-2-1-5-15-7-8/h3-4,6-7,11,14H,1-2,5H2. The molecular formula is C11H12ClNO2. The molecule has 0 saturated carbocycles. The van der Waals surface area contributed by atoms with Crippen LogP contribution in [0.3, 0.4) is 0 Å². The summed E-state index contributed by atoms with van der Waals surface area (Å²) < 4.78 is 5.18. The predicted molar refractivity (Wildman–Crippen MR) is 57.5 cm³/mol. The molecule has 4 heteroatoms. The third-order valence-corrected chi connectivity index (χ3v) is 2.73. The van der Waals surface area contributed by atoms with Gasteiger partial charge in [-0.15, -0.1) is 0 Å². The van der Waals surface area contributed by atoms with Crippen molar-refractivity contribution in [3.8, 4) is 0 Å². The van der Waals surface area contributed by atoms with Crippen LogP contribution >= 0.6 is 11.6 Å². The Labute approximate surface area is 93.4 Å². The highest BCUT2D eigenvalue weighted by Crippen LogP contribution is 2.30. The van der Waals surface area contributed by atoms with E-state index in [-0.39, 0.29) is 0 Å². The third-order valence-electron chi connectivity index (χ3n) is 2.41. The number of nitrogens with zero attached hydrogens (tertiary/aromatic N) is 1. The molecule has 1 aliphatic rings. The summed E-state index contributed by atoms with van der Waals surface area (Å²) in [6.45, 7) is 0.723. The summed E-state index contributed by atoms with van der Waals surface area (Å²) in [7, 11) is 0. The van der Waals surface area contributed by atoms with Gasteiger partial charge >= 0.3 is 0 Å². The lowest BCUT2D eigenvalue weighted by molar-refractivity contribution is 0.170. The molecule has 0 radical (unpaired) electrons. The fourth-order valence-corrected chi connectivity index (χ4v) is 1.82. The SMILES string of the molecule is OC(C1=COCCC1)c1ccncc1Cl. The second kappa shape index (κ2) is 4.64. The molecule has 2 heterocycles. The van der Waals surface area contributed by atoms with Crippen LogP contribution in [-0.2, 0) is 4.74 Å². The molecule has 0 spiro atoms. The Kier molecular flexibility index (Phi) is 3.23. The summed E-state index contributed by atoms with van der Waals surface area (Å²) in [6, 6.07) is 1.72. The molecule has 1 N–H and O–H groups in total. The number of hydrogen-bond donors (Lipinski definition) is 1. The number of pyridine rings is 1. The number of hydrogen-bond acceptors (Lipinski definition) is 3. The van der Waals surface area contributed by atoms with Gasteiger partial charge in [-0.2, -0.15) is 0 Å². The highest BCUT2D eigenvalue weighted by molar-refractivity contribution is 6.31. The van der Waals surface area contributed by atoms with Gasteiger partial charge in [-0.3, -0.25) is 4.98 Å². The average Bonchev–Trinajstić information content (AvgIpc) is 2.30. The monoisotopic (exact) mass is 225 g/mol. The van der Waals surface area contributed by atoms with Crippen molar-refractivity contribution in [2.24, 2.45) is 0 Å². The predicted octanol–water partition coefficient (Wildman–Crippen LogP) is 2.46. The molecule has 80 valence electrons. The summed E-state index contributed by atoms with van der Waals surface area (Å²) in [6.07, 6.45) is 5.89. The van der Waals surface area contributed by atoms with E-state index in [9.17, 15) is 5.11 Å². The minimum absolute atomic E-state index is 0.483. The maximum absolute atomic E-state index is 10.1.